The van der Waals surface area contributed by atoms with Gasteiger partial charge >= 0.3 is 0 Å². The third-order valence-corrected chi connectivity index (χ3v) is 2.44. The number of furan rings is 1. The molecule has 0 N–H and O–H groups in total. The smallest absolute Gasteiger partial charge is 0.104 e. The lowest BCUT2D eigenvalue weighted by Crippen LogP contribution is -1.86. The second kappa shape index (κ2) is 4.65. The molecule has 0 aliphatic heterocycles. The van der Waals surface area contributed by atoms with E-state index < -0.39 is 0 Å². The first-order valence-corrected chi connectivity index (χ1v) is 5.12. The molecule has 1 nitrogen and oxygen atoms in total. The van der Waals surface area contributed by atoms with E-state index in [4.69, 9.17) is 4.42 Å². The van der Waals surface area contributed by atoms with E-state index >= 15 is 0 Å². The topological polar surface area (TPSA) is 13.1 Å². The first-order valence-electron chi connectivity index (χ1n) is 5.12. The SMILES string of the molecule is C=C(CCc1ccco1)c1ccccc1. The number of rotatable bonds is 4. The van der Waals surface area contributed by atoms with Crippen LogP contribution in [-0.4, -0.2) is 0 Å². The fourth-order valence-electron chi connectivity index (χ4n) is 1.55. The minimum atomic E-state index is 0.917. The maximum absolute atomic E-state index is 5.28. The third kappa shape index (κ3) is 2.59. The highest BCUT2D eigenvalue weighted by molar-refractivity contribution is 5.63. The van der Waals surface area contributed by atoms with Gasteiger partial charge in [0.25, 0.3) is 0 Å². The Morgan fingerprint density at radius 1 is 1.07 bits per heavy atom. The molecule has 0 aliphatic carbocycles. The molecule has 0 saturated heterocycles. The molecule has 2 aromatic rings. The maximum atomic E-state index is 5.28. The van der Waals surface area contributed by atoms with Gasteiger partial charge in [0.15, 0.2) is 0 Å². The van der Waals surface area contributed by atoms with Crippen molar-refractivity contribution < 1.29 is 4.42 Å². The Balaban J connectivity index is 1.94. The van der Waals surface area contributed by atoms with E-state index in [2.05, 4.69) is 18.7 Å². The average molecular weight is 198 g/mol. The lowest BCUT2D eigenvalue weighted by molar-refractivity contribution is 0.511. The molecule has 0 atom stereocenters. The molecule has 15 heavy (non-hydrogen) atoms. The Morgan fingerprint density at radius 2 is 1.87 bits per heavy atom. The van der Waals surface area contributed by atoms with Gasteiger partial charge in [-0.25, -0.2) is 0 Å². The van der Waals surface area contributed by atoms with Crippen LogP contribution in [0.4, 0.5) is 0 Å². The number of benzene rings is 1. The van der Waals surface area contributed by atoms with Crippen molar-refractivity contribution in [3.63, 3.8) is 0 Å². The normalized spacial score (nSPS) is 10.1. The lowest BCUT2D eigenvalue weighted by atomic mass is 10.0. The van der Waals surface area contributed by atoms with E-state index in [0.717, 1.165) is 24.2 Å². The summed E-state index contributed by atoms with van der Waals surface area (Å²) in [6, 6.07) is 14.2. The molecule has 0 fully saturated rings. The number of allylic oxidation sites excluding steroid dienone is 1. The fraction of sp³-hybridized carbons (Fsp3) is 0.143. The molecule has 1 heterocycles. The lowest BCUT2D eigenvalue weighted by Gasteiger charge is -2.03. The predicted octanol–water partition coefficient (Wildman–Crippen LogP) is 3.93. The van der Waals surface area contributed by atoms with Gasteiger partial charge in [-0.2, -0.15) is 0 Å². The van der Waals surface area contributed by atoms with Gasteiger partial charge in [0.05, 0.1) is 6.26 Å². The monoisotopic (exact) mass is 198 g/mol. The molecule has 1 aromatic carbocycles. The van der Waals surface area contributed by atoms with Crippen molar-refractivity contribution in [2.45, 2.75) is 12.8 Å². The molecule has 0 bridgehead atoms. The molecule has 0 unspecified atom stereocenters. The van der Waals surface area contributed by atoms with Crippen LogP contribution in [0.5, 0.6) is 0 Å². The summed E-state index contributed by atoms with van der Waals surface area (Å²) in [5, 5.41) is 0. The second-order valence-electron chi connectivity index (χ2n) is 3.55. The van der Waals surface area contributed by atoms with Crippen molar-refractivity contribution in [1.82, 2.24) is 0 Å². The van der Waals surface area contributed by atoms with Gasteiger partial charge in [-0.3, -0.25) is 0 Å². The average Bonchev–Trinajstić information content (AvgIpc) is 2.80. The largest absolute Gasteiger partial charge is 0.469 e. The maximum Gasteiger partial charge on any atom is 0.104 e. The predicted molar refractivity (Wildman–Crippen MR) is 62.5 cm³/mol. The van der Waals surface area contributed by atoms with Crippen LogP contribution in [0.1, 0.15) is 17.7 Å². The van der Waals surface area contributed by atoms with Crippen LogP contribution >= 0.6 is 0 Å². The number of hydrogen-bond acceptors (Lipinski definition) is 1. The number of hydrogen-bond donors (Lipinski definition) is 0. The molecular weight excluding hydrogens is 184 g/mol. The van der Waals surface area contributed by atoms with E-state index in [-0.39, 0.29) is 0 Å². The van der Waals surface area contributed by atoms with Crippen LogP contribution in [0.25, 0.3) is 5.57 Å². The van der Waals surface area contributed by atoms with Gasteiger partial charge in [-0.15, -0.1) is 0 Å². The zero-order valence-electron chi connectivity index (χ0n) is 8.65. The van der Waals surface area contributed by atoms with Gasteiger partial charge < -0.3 is 4.42 Å². The molecule has 1 heteroatoms. The first-order chi connectivity index (χ1) is 7.36. The summed E-state index contributed by atoms with van der Waals surface area (Å²) in [5.74, 6) is 1.02. The minimum absolute atomic E-state index is 0.917. The zero-order chi connectivity index (χ0) is 10.5. The molecule has 0 aliphatic rings. The van der Waals surface area contributed by atoms with Crippen molar-refractivity contribution >= 4 is 5.57 Å². The highest BCUT2D eigenvalue weighted by Crippen LogP contribution is 2.18. The Bertz CT molecular complexity index is 412. The molecule has 0 amide bonds. The summed E-state index contributed by atoms with van der Waals surface area (Å²) in [6.45, 7) is 4.08. The molecule has 76 valence electrons. The van der Waals surface area contributed by atoms with E-state index in [1.54, 1.807) is 6.26 Å². The quantitative estimate of drug-likeness (QED) is 0.725. The van der Waals surface area contributed by atoms with Crippen molar-refractivity contribution in [3.05, 3.63) is 66.6 Å². The molecule has 0 spiro atoms. The Hall–Kier alpha value is -1.76. The minimum Gasteiger partial charge on any atom is -0.469 e. The van der Waals surface area contributed by atoms with Gasteiger partial charge in [-0.05, 0) is 29.7 Å². The summed E-state index contributed by atoms with van der Waals surface area (Å²) in [5.41, 5.74) is 2.37. The second-order valence-corrected chi connectivity index (χ2v) is 3.55. The van der Waals surface area contributed by atoms with Crippen molar-refractivity contribution in [1.29, 1.82) is 0 Å². The van der Waals surface area contributed by atoms with E-state index in [1.165, 1.54) is 5.56 Å². The highest BCUT2D eigenvalue weighted by Gasteiger charge is 2.00. The van der Waals surface area contributed by atoms with Crippen LogP contribution in [0.3, 0.4) is 0 Å². The van der Waals surface area contributed by atoms with Gasteiger partial charge in [0, 0.05) is 6.42 Å². The van der Waals surface area contributed by atoms with Crippen LogP contribution < -0.4 is 0 Å². The number of aryl methyl sites for hydroxylation is 1. The van der Waals surface area contributed by atoms with Gasteiger partial charge in [0.1, 0.15) is 5.76 Å². The Labute approximate surface area is 90.1 Å². The zero-order valence-corrected chi connectivity index (χ0v) is 8.65. The molecular formula is C14H14O. The molecule has 1 aromatic heterocycles. The Morgan fingerprint density at radius 3 is 2.53 bits per heavy atom. The van der Waals surface area contributed by atoms with E-state index in [9.17, 15) is 0 Å². The summed E-state index contributed by atoms with van der Waals surface area (Å²) in [4.78, 5) is 0. The van der Waals surface area contributed by atoms with Crippen molar-refractivity contribution in [3.8, 4) is 0 Å². The standard InChI is InChI=1S/C14H14O/c1-12(13-6-3-2-4-7-13)9-10-14-8-5-11-15-14/h2-8,11H,1,9-10H2. The molecule has 2 rings (SSSR count). The summed E-state index contributed by atoms with van der Waals surface area (Å²) < 4.78 is 5.28. The van der Waals surface area contributed by atoms with Crippen LogP contribution in [0, 0.1) is 0 Å². The van der Waals surface area contributed by atoms with Crippen LogP contribution in [0.15, 0.2) is 59.7 Å². The third-order valence-electron chi connectivity index (χ3n) is 2.44. The van der Waals surface area contributed by atoms with Gasteiger partial charge in [0.2, 0.25) is 0 Å². The summed E-state index contributed by atoms with van der Waals surface area (Å²) in [7, 11) is 0. The highest BCUT2D eigenvalue weighted by atomic mass is 16.3. The molecule has 0 saturated carbocycles. The van der Waals surface area contributed by atoms with E-state index in [1.807, 2.05) is 30.3 Å². The summed E-state index contributed by atoms with van der Waals surface area (Å²) >= 11 is 0. The first kappa shape index (κ1) is 9.78. The Kier molecular flexibility index (Phi) is 3.03. The van der Waals surface area contributed by atoms with Crippen molar-refractivity contribution in [2.75, 3.05) is 0 Å². The van der Waals surface area contributed by atoms with Crippen molar-refractivity contribution in [2.24, 2.45) is 0 Å². The van der Waals surface area contributed by atoms with Crippen LogP contribution in [-0.2, 0) is 6.42 Å². The van der Waals surface area contributed by atoms with Crippen LogP contribution in [0.2, 0.25) is 0 Å². The van der Waals surface area contributed by atoms with E-state index in [0.29, 0.717) is 0 Å². The van der Waals surface area contributed by atoms with Gasteiger partial charge in [-0.1, -0.05) is 36.9 Å². The molecule has 0 radical (unpaired) electrons. The summed E-state index contributed by atoms with van der Waals surface area (Å²) in [6.07, 6.45) is 3.57. The fourth-order valence-corrected chi connectivity index (χ4v) is 1.55.